The van der Waals surface area contributed by atoms with Crippen molar-refractivity contribution in [2.75, 3.05) is 11.9 Å². The number of nitrogens with zero attached hydrogens (tertiary/aromatic N) is 2. The summed E-state index contributed by atoms with van der Waals surface area (Å²) in [5.74, 6) is 0.0594. The summed E-state index contributed by atoms with van der Waals surface area (Å²) < 4.78 is 1.43. The van der Waals surface area contributed by atoms with Gasteiger partial charge in [-0.3, -0.25) is 4.79 Å². The van der Waals surface area contributed by atoms with E-state index in [0.29, 0.717) is 35.0 Å². The first-order chi connectivity index (χ1) is 15.5. The zero-order valence-electron chi connectivity index (χ0n) is 18.4. The second-order valence-corrected chi connectivity index (χ2v) is 8.23. The maximum absolute atomic E-state index is 12.6. The predicted molar refractivity (Wildman–Crippen MR) is 124 cm³/mol. The number of phenolic OH excluding ortho intramolecular Hbond substituents is 1. The third-order valence-electron chi connectivity index (χ3n) is 5.90. The van der Waals surface area contributed by atoms with Crippen molar-refractivity contribution in [1.82, 2.24) is 15.1 Å². The molecule has 4 rings (SSSR count). The average Bonchev–Trinajstić information content (AvgIpc) is 3.15. The Bertz CT molecular complexity index is 1150. The number of carbonyl (C=O) groups excluding carboxylic acids is 2. The lowest BCUT2D eigenvalue weighted by atomic mass is 9.82. The highest BCUT2D eigenvalue weighted by atomic mass is 16.3. The fraction of sp³-hybridized carbons (Fsp3) is 0.320. The fourth-order valence-corrected chi connectivity index (χ4v) is 3.84. The molecule has 3 aromatic rings. The van der Waals surface area contributed by atoms with Crippen LogP contribution in [0.1, 0.15) is 60.1 Å². The number of aromatic hydroxyl groups is 1. The number of phenols is 1. The van der Waals surface area contributed by atoms with Gasteiger partial charge in [0, 0.05) is 35.3 Å². The monoisotopic (exact) mass is 432 g/mol. The molecular weight excluding hydrogens is 404 g/mol. The molecule has 0 spiro atoms. The van der Waals surface area contributed by atoms with E-state index in [1.165, 1.54) is 10.7 Å². The summed E-state index contributed by atoms with van der Waals surface area (Å²) in [5, 5.41) is 20.9. The highest BCUT2D eigenvalue weighted by Gasteiger charge is 2.27. The Morgan fingerprint density at radius 3 is 2.59 bits per heavy atom. The van der Waals surface area contributed by atoms with Gasteiger partial charge in [-0.25, -0.2) is 4.79 Å². The van der Waals surface area contributed by atoms with Gasteiger partial charge in [0.05, 0.1) is 11.4 Å². The number of hydrogen-bond donors (Lipinski definition) is 3. The summed E-state index contributed by atoms with van der Waals surface area (Å²) in [6.45, 7) is 4.46. The molecule has 7 heteroatoms. The van der Waals surface area contributed by atoms with Gasteiger partial charge in [0.25, 0.3) is 5.91 Å². The van der Waals surface area contributed by atoms with Crippen LogP contribution in [0.3, 0.4) is 0 Å². The highest BCUT2D eigenvalue weighted by molar-refractivity contribution is 6.05. The number of carbonyl (C=O) groups is 2. The van der Waals surface area contributed by atoms with Gasteiger partial charge in [-0.2, -0.15) is 9.78 Å². The van der Waals surface area contributed by atoms with E-state index in [-0.39, 0.29) is 17.7 Å². The maximum atomic E-state index is 12.6. The van der Waals surface area contributed by atoms with Crippen molar-refractivity contribution in [3.05, 3.63) is 65.4 Å². The Balaban J connectivity index is 1.59. The topological polar surface area (TPSA) is 96.3 Å². The third kappa shape index (κ3) is 4.37. The second kappa shape index (κ2) is 9.26. The number of nitrogens with one attached hydrogen (secondary N) is 2. The molecule has 32 heavy (non-hydrogen) atoms. The quantitative estimate of drug-likeness (QED) is 0.508. The van der Waals surface area contributed by atoms with Crippen molar-refractivity contribution in [2.24, 2.45) is 0 Å². The SMILES string of the molecule is CCCNC(=O)n1nc(-c2ccc(NC(=O)c3ccccc3C)cc2O)cc1C1CCC1. The number of benzene rings is 2. The zero-order valence-corrected chi connectivity index (χ0v) is 18.4. The van der Waals surface area contributed by atoms with Crippen molar-refractivity contribution in [1.29, 1.82) is 0 Å². The Labute approximate surface area is 187 Å². The average molecular weight is 433 g/mol. The molecule has 166 valence electrons. The van der Waals surface area contributed by atoms with Crippen molar-refractivity contribution in [2.45, 2.75) is 45.4 Å². The number of rotatable bonds is 6. The minimum atomic E-state index is -0.249. The van der Waals surface area contributed by atoms with E-state index in [9.17, 15) is 14.7 Å². The molecule has 0 atom stereocenters. The number of hydrogen-bond acceptors (Lipinski definition) is 4. The number of aromatic nitrogens is 2. The van der Waals surface area contributed by atoms with Gasteiger partial charge in [0.15, 0.2) is 0 Å². The number of amides is 2. The summed E-state index contributed by atoms with van der Waals surface area (Å²) >= 11 is 0. The highest BCUT2D eigenvalue weighted by Crippen LogP contribution is 2.39. The van der Waals surface area contributed by atoms with E-state index < -0.39 is 0 Å². The summed E-state index contributed by atoms with van der Waals surface area (Å²) in [6, 6.07) is 13.9. The fourth-order valence-electron chi connectivity index (χ4n) is 3.84. The van der Waals surface area contributed by atoms with Gasteiger partial charge in [-0.05, 0) is 56.0 Å². The summed E-state index contributed by atoms with van der Waals surface area (Å²) in [4.78, 5) is 25.2. The Morgan fingerprint density at radius 1 is 1.16 bits per heavy atom. The normalized spacial score (nSPS) is 13.4. The van der Waals surface area contributed by atoms with Crippen LogP contribution < -0.4 is 10.6 Å². The molecule has 0 bridgehead atoms. The first-order valence-electron chi connectivity index (χ1n) is 11.1. The summed E-state index contributed by atoms with van der Waals surface area (Å²) in [6.07, 6.45) is 4.04. The molecular formula is C25H28N4O3. The molecule has 3 N–H and O–H groups in total. The molecule has 1 aliphatic rings. The molecule has 7 nitrogen and oxygen atoms in total. The Kier molecular flexibility index (Phi) is 6.25. The molecule has 2 amide bonds. The van der Waals surface area contributed by atoms with Gasteiger partial charge >= 0.3 is 6.03 Å². The lowest BCUT2D eigenvalue weighted by molar-refractivity contribution is 0.102. The molecule has 1 fully saturated rings. The van der Waals surface area contributed by atoms with E-state index >= 15 is 0 Å². The van der Waals surface area contributed by atoms with E-state index in [4.69, 9.17) is 0 Å². The van der Waals surface area contributed by atoms with Gasteiger partial charge in [-0.15, -0.1) is 0 Å². The van der Waals surface area contributed by atoms with Crippen LogP contribution in [0.25, 0.3) is 11.3 Å². The van der Waals surface area contributed by atoms with Crippen LogP contribution in [0.4, 0.5) is 10.5 Å². The third-order valence-corrected chi connectivity index (χ3v) is 5.90. The van der Waals surface area contributed by atoms with Gasteiger partial charge < -0.3 is 15.7 Å². The van der Waals surface area contributed by atoms with E-state index in [2.05, 4.69) is 15.7 Å². The molecule has 0 saturated heterocycles. The molecule has 1 aliphatic carbocycles. The lowest BCUT2D eigenvalue weighted by Crippen LogP contribution is -2.32. The van der Waals surface area contributed by atoms with Crippen LogP contribution in [0.15, 0.2) is 48.5 Å². The van der Waals surface area contributed by atoms with E-state index in [0.717, 1.165) is 36.9 Å². The van der Waals surface area contributed by atoms with Crippen molar-refractivity contribution in [3.8, 4) is 17.0 Å². The maximum Gasteiger partial charge on any atom is 0.342 e. The van der Waals surface area contributed by atoms with E-state index in [1.54, 1.807) is 18.2 Å². The first-order valence-corrected chi connectivity index (χ1v) is 11.1. The minimum Gasteiger partial charge on any atom is -0.507 e. The molecule has 1 saturated carbocycles. The summed E-state index contributed by atoms with van der Waals surface area (Å²) in [7, 11) is 0. The van der Waals surface area contributed by atoms with Gasteiger partial charge in [0.1, 0.15) is 5.75 Å². The van der Waals surface area contributed by atoms with Crippen LogP contribution in [0, 0.1) is 6.92 Å². The molecule has 0 radical (unpaired) electrons. The van der Waals surface area contributed by atoms with Crippen molar-refractivity contribution < 1.29 is 14.7 Å². The zero-order chi connectivity index (χ0) is 22.7. The van der Waals surface area contributed by atoms with Crippen LogP contribution in [-0.4, -0.2) is 33.4 Å². The number of anilines is 1. The van der Waals surface area contributed by atoms with Crippen LogP contribution in [0.2, 0.25) is 0 Å². The first kappa shape index (κ1) is 21.6. The standard InChI is InChI=1S/C25H28N4O3/c1-3-13-26-25(32)29-22(17-8-6-9-17)15-21(28-29)20-12-11-18(14-23(20)30)27-24(31)19-10-5-4-7-16(19)2/h4-5,7,10-12,14-15,17,30H,3,6,8-9,13H2,1-2H3,(H,26,32)(H,27,31). The van der Waals surface area contributed by atoms with Crippen LogP contribution in [-0.2, 0) is 0 Å². The molecule has 2 aromatic carbocycles. The van der Waals surface area contributed by atoms with E-state index in [1.807, 2.05) is 38.1 Å². The van der Waals surface area contributed by atoms with Crippen molar-refractivity contribution >= 4 is 17.6 Å². The smallest absolute Gasteiger partial charge is 0.342 e. The second-order valence-electron chi connectivity index (χ2n) is 8.23. The predicted octanol–water partition coefficient (Wildman–Crippen LogP) is 5.05. The van der Waals surface area contributed by atoms with Crippen molar-refractivity contribution in [3.63, 3.8) is 0 Å². The van der Waals surface area contributed by atoms with Gasteiger partial charge in [0.2, 0.25) is 0 Å². The van der Waals surface area contributed by atoms with Crippen LogP contribution in [0.5, 0.6) is 5.75 Å². The minimum absolute atomic E-state index is 0.00800. The number of aryl methyl sites for hydroxylation is 1. The van der Waals surface area contributed by atoms with Crippen LogP contribution >= 0.6 is 0 Å². The Hall–Kier alpha value is -3.61. The lowest BCUT2D eigenvalue weighted by Gasteiger charge is -2.25. The molecule has 1 aromatic heterocycles. The molecule has 0 aliphatic heterocycles. The van der Waals surface area contributed by atoms with Gasteiger partial charge in [-0.1, -0.05) is 31.5 Å². The molecule has 1 heterocycles. The Morgan fingerprint density at radius 2 is 1.94 bits per heavy atom. The summed E-state index contributed by atoms with van der Waals surface area (Å²) in [5.41, 5.74) is 3.86. The largest absolute Gasteiger partial charge is 0.507 e. The molecule has 0 unspecified atom stereocenters.